The van der Waals surface area contributed by atoms with Gasteiger partial charge in [0.15, 0.2) is 0 Å². The van der Waals surface area contributed by atoms with Crippen molar-refractivity contribution in [1.29, 1.82) is 0 Å². The summed E-state index contributed by atoms with van der Waals surface area (Å²) < 4.78 is 12.8. The van der Waals surface area contributed by atoms with Crippen molar-refractivity contribution in [3.05, 3.63) is 30.1 Å². The van der Waals surface area contributed by atoms with E-state index in [1.807, 2.05) is 13.8 Å². The Morgan fingerprint density at radius 2 is 2.06 bits per heavy atom. The summed E-state index contributed by atoms with van der Waals surface area (Å²) in [7, 11) is 0. The number of nitrogens with zero attached hydrogens (tertiary/aromatic N) is 1. The maximum atomic E-state index is 12.8. The van der Waals surface area contributed by atoms with Gasteiger partial charge < -0.3 is 15.5 Å². The third kappa shape index (κ3) is 2.79. The molecule has 2 rings (SSSR count). The molecule has 1 aliphatic heterocycles. The first kappa shape index (κ1) is 12.8. The van der Waals surface area contributed by atoms with Gasteiger partial charge in [0.05, 0.1) is 5.54 Å². The minimum Gasteiger partial charge on any atom is -0.317 e. The highest BCUT2D eigenvalue weighted by Crippen LogP contribution is 2.18. The molecule has 0 unspecified atom stereocenters. The minimum absolute atomic E-state index is 0.145. The summed E-state index contributed by atoms with van der Waals surface area (Å²) in [6.45, 7) is 6.26. The average molecular weight is 251 g/mol. The highest BCUT2D eigenvalue weighted by molar-refractivity contribution is 5.89. The number of hydrogen-bond donors (Lipinski definition) is 2. The van der Waals surface area contributed by atoms with Crippen LogP contribution in [0.4, 0.5) is 14.9 Å². The monoisotopic (exact) mass is 251 g/mol. The van der Waals surface area contributed by atoms with Gasteiger partial charge in [0, 0.05) is 25.3 Å². The van der Waals surface area contributed by atoms with Crippen molar-refractivity contribution in [2.24, 2.45) is 0 Å². The maximum Gasteiger partial charge on any atom is 0.322 e. The molecule has 1 aromatic carbocycles. The largest absolute Gasteiger partial charge is 0.322 e. The molecule has 2 amide bonds. The lowest BCUT2D eigenvalue weighted by Crippen LogP contribution is -2.60. The summed E-state index contributed by atoms with van der Waals surface area (Å²) in [6.07, 6.45) is 0. The highest BCUT2D eigenvalue weighted by atomic mass is 19.1. The van der Waals surface area contributed by atoms with Crippen molar-refractivity contribution >= 4 is 11.7 Å². The molecule has 5 heteroatoms. The molecular formula is C13H18FN3O. The van der Waals surface area contributed by atoms with Crippen LogP contribution in [-0.2, 0) is 0 Å². The van der Waals surface area contributed by atoms with E-state index in [2.05, 4.69) is 10.6 Å². The molecule has 0 saturated carbocycles. The first-order chi connectivity index (χ1) is 8.49. The molecule has 0 bridgehead atoms. The van der Waals surface area contributed by atoms with Crippen LogP contribution in [0.3, 0.4) is 0 Å². The lowest BCUT2D eigenvalue weighted by atomic mass is 10.0. The lowest BCUT2D eigenvalue weighted by molar-refractivity contribution is 0.123. The predicted octanol–water partition coefficient (Wildman–Crippen LogP) is 2.04. The molecule has 0 aliphatic carbocycles. The average Bonchev–Trinajstić information content (AvgIpc) is 2.31. The number of halogens is 1. The van der Waals surface area contributed by atoms with Crippen molar-refractivity contribution in [2.45, 2.75) is 19.4 Å². The molecular weight excluding hydrogens is 233 g/mol. The number of benzene rings is 1. The topological polar surface area (TPSA) is 44.4 Å². The van der Waals surface area contributed by atoms with Crippen molar-refractivity contribution in [1.82, 2.24) is 10.2 Å². The van der Waals surface area contributed by atoms with E-state index in [0.29, 0.717) is 12.2 Å². The van der Waals surface area contributed by atoms with Crippen LogP contribution in [0.5, 0.6) is 0 Å². The van der Waals surface area contributed by atoms with Gasteiger partial charge in [-0.2, -0.15) is 0 Å². The van der Waals surface area contributed by atoms with Gasteiger partial charge in [-0.15, -0.1) is 0 Å². The van der Waals surface area contributed by atoms with Crippen LogP contribution in [0.25, 0.3) is 0 Å². The summed E-state index contributed by atoms with van der Waals surface area (Å²) >= 11 is 0. The van der Waals surface area contributed by atoms with Gasteiger partial charge >= 0.3 is 6.03 Å². The van der Waals surface area contributed by atoms with Crippen molar-refractivity contribution in [3.8, 4) is 0 Å². The Balaban J connectivity index is 2.05. The number of piperazine rings is 1. The molecule has 18 heavy (non-hydrogen) atoms. The SMILES string of the molecule is CC1(C)CNCCN1C(=O)Nc1ccc(F)cc1. The smallest absolute Gasteiger partial charge is 0.317 e. The second kappa shape index (κ2) is 4.94. The van der Waals surface area contributed by atoms with E-state index in [-0.39, 0.29) is 17.4 Å². The molecule has 0 atom stereocenters. The Labute approximate surface area is 106 Å². The molecule has 1 saturated heterocycles. The van der Waals surface area contributed by atoms with Crippen LogP contribution in [-0.4, -0.2) is 36.1 Å². The normalized spacial score (nSPS) is 18.5. The third-order valence-corrected chi connectivity index (χ3v) is 3.14. The molecule has 1 fully saturated rings. The van der Waals surface area contributed by atoms with Crippen molar-refractivity contribution < 1.29 is 9.18 Å². The van der Waals surface area contributed by atoms with Crippen LogP contribution >= 0.6 is 0 Å². The van der Waals surface area contributed by atoms with Crippen molar-refractivity contribution in [3.63, 3.8) is 0 Å². The molecule has 1 heterocycles. The van der Waals surface area contributed by atoms with Crippen LogP contribution in [0.2, 0.25) is 0 Å². The summed E-state index contributed by atoms with van der Waals surface area (Å²) in [5.41, 5.74) is 0.387. The number of carbonyl (C=O) groups excluding carboxylic acids is 1. The predicted molar refractivity (Wildman–Crippen MR) is 69.1 cm³/mol. The van der Waals surface area contributed by atoms with Gasteiger partial charge in [-0.25, -0.2) is 9.18 Å². The molecule has 98 valence electrons. The Morgan fingerprint density at radius 1 is 1.39 bits per heavy atom. The number of carbonyl (C=O) groups is 1. The number of nitrogens with one attached hydrogen (secondary N) is 2. The summed E-state index contributed by atoms with van der Waals surface area (Å²) in [5, 5.41) is 6.05. The fraction of sp³-hybridized carbons (Fsp3) is 0.462. The van der Waals surface area contributed by atoms with E-state index in [4.69, 9.17) is 0 Å². The molecule has 2 N–H and O–H groups in total. The van der Waals surface area contributed by atoms with Gasteiger partial charge in [0.25, 0.3) is 0 Å². The van der Waals surface area contributed by atoms with Gasteiger partial charge in [-0.05, 0) is 38.1 Å². The zero-order chi connectivity index (χ0) is 13.2. The summed E-state index contributed by atoms with van der Waals surface area (Å²) in [6, 6.07) is 5.63. The fourth-order valence-electron chi connectivity index (χ4n) is 2.08. The summed E-state index contributed by atoms with van der Waals surface area (Å²) in [4.78, 5) is 14.0. The minimum atomic E-state index is -0.310. The molecule has 0 spiro atoms. The van der Waals surface area contributed by atoms with Gasteiger partial charge in [-0.3, -0.25) is 0 Å². The molecule has 0 aromatic heterocycles. The summed E-state index contributed by atoms with van der Waals surface area (Å²) in [5.74, 6) is -0.310. The van der Waals surface area contributed by atoms with Crippen LogP contribution in [0, 0.1) is 5.82 Å². The molecule has 1 aliphatic rings. The zero-order valence-electron chi connectivity index (χ0n) is 10.7. The second-order valence-corrected chi connectivity index (χ2v) is 5.08. The molecule has 4 nitrogen and oxygen atoms in total. The zero-order valence-corrected chi connectivity index (χ0v) is 10.7. The Kier molecular flexibility index (Phi) is 3.52. The maximum absolute atomic E-state index is 12.8. The third-order valence-electron chi connectivity index (χ3n) is 3.14. The number of rotatable bonds is 1. The van der Waals surface area contributed by atoms with E-state index >= 15 is 0 Å². The van der Waals surface area contributed by atoms with Gasteiger partial charge in [0.1, 0.15) is 5.82 Å². The number of urea groups is 1. The van der Waals surface area contributed by atoms with E-state index in [1.54, 1.807) is 17.0 Å². The first-order valence-electron chi connectivity index (χ1n) is 6.04. The van der Waals surface area contributed by atoms with Gasteiger partial charge in [-0.1, -0.05) is 0 Å². The quantitative estimate of drug-likeness (QED) is 0.802. The van der Waals surface area contributed by atoms with E-state index in [0.717, 1.165) is 13.1 Å². The van der Waals surface area contributed by atoms with E-state index in [1.165, 1.54) is 12.1 Å². The Bertz CT molecular complexity index is 430. The van der Waals surface area contributed by atoms with E-state index < -0.39 is 0 Å². The Hall–Kier alpha value is -1.62. The van der Waals surface area contributed by atoms with Crippen LogP contribution < -0.4 is 10.6 Å². The number of hydrogen-bond acceptors (Lipinski definition) is 2. The van der Waals surface area contributed by atoms with Crippen molar-refractivity contribution in [2.75, 3.05) is 25.0 Å². The Morgan fingerprint density at radius 3 is 2.67 bits per heavy atom. The second-order valence-electron chi connectivity index (χ2n) is 5.08. The highest BCUT2D eigenvalue weighted by Gasteiger charge is 2.33. The molecule has 1 aromatic rings. The standard InChI is InChI=1S/C13H18FN3O/c1-13(2)9-15-7-8-17(13)12(18)16-11-5-3-10(14)4-6-11/h3-6,15H,7-9H2,1-2H3,(H,16,18). The van der Waals surface area contributed by atoms with Gasteiger partial charge in [0.2, 0.25) is 0 Å². The van der Waals surface area contributed by atoms with E-state index in [9.17, 15) is 9.18 Å². The van der Waals surface area contributed by atoms with Crippen LogP contribution in [0.15, 0.2) is 24.3 Å². The van der Waals surface area contributed by atoms with Crippen LogP contribution in [0.1, 0.15) is 13.8 Å². The number of amides is 2. The first-order valence-corrected chi connectivity index (χ1v) is 6.04. The molecule has 0 radical (unpaired) electrons. The lowest BCUT2D eigenvalue weighted by Gasteiger charge is -2.42. The fourth-order valence-corrected chi connectivity index (χ4v) is 2.08. The number of anilines is 1.